The molecule has 0 aliphatic carbocycles. The van der Waals surface area contributed by atoms with Gasteiger partial charge in [-0.05, 0) is 50.1 Å². The van der Waals surface area contributed by atoms with E-state index in [0.717, 1.165) is 29.4 Å². The summed E-state index contributed by atoms with van der Waals surface area (Å²) in [7, 11) is -3.50. The Kier molecular flexibility index (Phi) is 4.96. The number of nitrogens with zero attached hydrogens (tertiary/aromatic N) is 3. The fraction of sp³-hybridized carbons (Fsp3) is 0.227. The van der Waals surface area contributed by atoms with Crippen LogP contribution in [0.5, 0.6) is 0 Å². The number of benzene rings is 2. The van der Waals surface area contributed by atoms with Crippen LogP contribution in [0, 0.1) is 6.92 Å². The van der Waals surface area contributed by atoms with E-state index in [1.165, 1.54) is 15.6 Å². The molecule has 4 aromatic rings. The number of nitrogens with one attached hydrogen (secondary N) is 1. The minimum Gasteiger partial charge on any atom is -0.298 e. The molecular formula is C22H20N4O3S2. The molecular weight excluding hydrogens is 432 g/mol. The van der Waals surface area contributed by atoms with Crippen molar-refractivity contribution in [3.8, 4) is 0 Å². The number of pyridine rings is 1. The highest BCUT2D eigenvalue weighted by atomic mass is 32.2. The third-order valence-electron chi connectivity index (χ3n) is 5.37. The van der Waals surface area contributed by atoms with E-state index < -0.39 is 10.0 Å². The van der Waals surface area contributed by atoms with Crippen LogP contribution in [0.4, 0.5) is 5.13 Å². The minimum absolute atomic E-state index is 0.263. The Labute approximate surface area is 183 Å². The first-order valence-corrected chi connectivity index (χ1v) is 12.3. The molecule has 1 N–H and O–H groups in total. The summed E-state index contributed by atoms with van der Waals surface area (Å²) in [6, 6.07) is 14.2. The molecule has 3 heterocycles. The molecule has 0 radical (unpaired) electrons. The van der Waals surface area contributed by atoms with Crippen molar-refractivity contribution in [2.45, 2.75) is 24.7 Å². The van der Waals surface area contributed by atoms with Gasteiger partial charge in [0.2, 0.25) is 10.0 Å². The molecule has 0 bridgehead atoms. The van der Waals surface area contributed by atoms with Crippen molar-refractivity contribution in [3.05, 3.63) is 59.8 Å². The van der Waals surface area contributed by atoms with Crippen LogP contribution >= 0.6 is 11.3 Å². The molecule has 0 spiro atoms. The maximum atomic E-state index is 13.0. The van der Waals surface area contributed by atoms with Gasteiger partial charge in [0.1, 0.15) is 0 Å². The van der Waals surface area contributed by atoms with Crippen molar-refractivity contribution in [2.24, 2.45) is 0 Å². The average Bonchev–Trinajstić information content (AvgIpc) is 3.42. The monoisotopic (exact) mass is 452 g/mol. The number of hydrogen-bond acceptors (Lipinski definition) is 6. The predicted octanol–water partition coefficient (Wildman–Crippen LogP) is 4.19. The first-order chi connectivity index (χ1) is 14.9. The van der Waals surface area contributed by atoms with Crippen LogP contribution in [0.1, 0.15) is 28.9 Å². The van der Waals surface area contributed by atoms with Gasteiger partial charge in [0.25, 0.3) is 5.91 Å². The number of carbonyl (C=O) groups excluding carboxylic acids is 1. The Hall–Kier alpha value is -2.88. The summed E-state index contributed by atoms with van der Waals surface area (Å²) in [6.07, 6.45) is 1.78. The molecule has 0 atom stereocenters. The topological polar surface area (TPSA) is 92.3 Å². The third kappa shape index (κ3) is 3.69. The molecule has 158 valence electrons. The summed E-state index contributed by atoms with van der Waals surface area (Å²) in [5, 5.41) is 4.06. The quantitative estimate of drug-likeness (QED) is 0.501. The highest BCUT2D eigenvalue weighted by molar-refractivity contribution is 7.89. The molecule has 1 aliphatic rings. The Morgan fingerprint density at radius 1 is 1.03 bits per heavy atom. The number of hydrogen-bond donors (Lipinski definition) is 1. The van der Waals surface area contributed by atoms with Gasteiger partial charge in [0.15, 0.2) is 5.13 Å². The van der Waals surface area contributed by atoms with Crippen LogP contribution in [0.25, 0.3) is 21.1 Å². The second kappa shape index (κ2) is 7.67. The molecule has 0 saturated carbocycles. The van der Waals surface area contributed by atoms with Crippen molar-refractivity contribution < 1.29 is 13.2 Å². The van der Waals surface area contributed by atoms with Crippen LogP contribution < -0.4 is 5.32 Å². The van der Waals surface area contributed by atoms with E-state index in [2.05, 4.69) is 15.3 Å². The summed E-state index contributed by atoms with van der Waals surface area (Å²) in [5.74, 6) is -0.273. The van der Waals surface area contributed by atoms with Crippen molar-refractivity contribution >= 4 is 53.5 Å². The smallest absolute Gasteiger partial charge is 0.258 e. The maximum absolute atomic E-state index is 13.0. The van der Waals surface area contributed by atoms with E-state index >= 15 is 0 Å². The number of thiazole rings is 1. The van der Waals surface area contributed by atoms with Crippen LogP contribution in [0.15, 0.2) is 53.4 Å². The van der Waals surface area contributed by atoms with E-state index in [1.54, 1.807) is 24.3 Å². The standard InChI is InChI=1S/C22H20N4O3S2/c1-14-12-17(16-6-2-3-7-18(16)23-14)21(27)25-22-24-19-9-8-15(13-20(19)30-22)31(28,29)26-10-4-5-11-26/h2-3,6-9,12-13H,4-5,10-11H2,1H3,(H,24,25,27). The number of sulfonamides is 1. The fourth-order valence-electron chi connectivity index (χ4n) is 3.86. The van der Waals surface area contributed by atoms with Gasteiger partial charge in [0, 0.05) is 24.2 Å². The van der Waals surface area contributed by atoms with E-state index in [9.17, 15) is 13.2 Å². The number of fused-ring (bicyclic) bond motifs is 2. The molecule has 1 amide bonds. The van der Waals surface area contributed by atoms with Gasteiger partial charge in [-0.3, -0.25) is 15.1 Å². The lowest BCUT2D eigenvalue weighted by atomic mass is 10.1. The first-order valence-electron chi connectivity index (χ1n) is 10.0. The first kappa shape index (κ1) is 20.0. The zero-order valence-electron chi connectivity index (χ0n) is 16.8. The summed E-state index contributed by atoms with van der Waals surface area (Å²) >= 11 is 1.26. The Morgan fingerprint density at radius 2 is 1.81 bits per heavy atom. The van der Waals surface area contributed by atoms with Gasteiger partial charge >= 0.3 is 0 Å². The van der Waals surface area contributed by atoms with Crippen molar-refractivity contribution in [2.75, 3.05) is 18.4 Å². The molecule has 0 unspecified atom stereocenters. The highest BCUT2D eigenvalue weighted by Crippen LogP contribution is 2.31. The van der Waals surface area contributed by atoms with E-state index in [-0.39, 0.29) is 10.8 Å². The summed E-state index contributed by atoms with van der Waals surface area (Å²) in [5.41, 5.74) is 2.69. The summed E-state index contributed by atoms with van der Waals surface area (Å²) < 4.78 is 27.9. The SMILES string of the molecule is Cc1cc(C(=O)Nc2nc3ccc(S(=O)(=O)N4CCCC4)cc3s2)c2ccccc2n1. The van der Waals surface area contributed by atoms with E-state index in [1.807, 2.05) is 31.2 Å². The number of aryl methyl sites for hydroxylation is 1. The number of rotatable bonds is 4. The van der Waals surface area contributed by atoms with E-state index in [4.69, 9.17) is 0 Å². The van der Waals surface area contributed by atoms with Crippen LogP contribution in [0.3, 0.4) is 0 Å². The molecule has 2 aromatic heterocycles. The molecule has 7 nitrogen and oxygen atoms in total. The zero-order chi connectivity index (χ0) is 21.6. The molecule has 1 saturated heterocycles. The number of amides is 1. The number of aromatic nitrogens is 2. The predicted molar refractivity (Wildman–Crippen MR) is 122 cm³/mol. The lowest BCUT2D eigenvalue weighted by Gasteiger charge is -2.15. The lowest BCUT2D eigenvalue weighted by Crippen LogP contribution is -2.27. The highest BCUT2D eigenvalue weighted by Gasteiger charge is 2.27. The van der Waals surface area contributed by atoms with Crippen molar-refractivity contribution in [3.63, 3.8) is 0 Å². The lowest BCUT2D eigenvalue weighted by molar-refractivity contribution is 0.102. The second-order valence-corrected chi connectivity index (χ2v) is 10.5. The molecule has 2 aromatic carbocycles. The van der Waals surface area contributed by atoms with Crippen molar-refractivity contribution in [1.29, 1.82) is 0 Å². The van der Waals surface area contributed by atoms with Crippen LogP contribution in [-0.4, -0.2) is 41.7 Å². The van der Waals surface area contributed by atoms with Crippen LogP contribution in [0.2, 0.25) is 0 Å². The molecule has 5 rings (SSSR count). The molecule has 1 fully saturated rings. The van der Waals surface area contributed by atoms with E-state index in [0.29, 0.717) is 34.0 Å². The third-order valence-corrected chi connectivity index (χ3v) is 8.20. The fourth-order valence-corrected chi connectivity index (χ4v) is 6.38. The largest absolute Gasteiger partial charge is 0.298 e. The summed E-state index contributed by atoms with van der Waals surface area (Å²) in [4.78, 5) is 22.2. The molecule has 9 heteroatoms. The minimum atomic E-state index is -3.50. The van der Waals surface area contributed by atoms with Crippen LogP contribution in [-0.2, 0) is 10.0 Å². The number of anilines is 1. The van der Waals surface area contributed by atoms with Gasteiger partial charge in [-0.25, -0.2) is 13.4 Å². The Bertz CT molecular complexity index is 1420. The zero-order valence-corrected chi connectivity index (χ0v) is 18.5. The normalized spacial score (nSPS) is 15.0. The summed E-state index contributed by atoms with van der Waals surface area (Å²) in [6.45, 7) is 2.97. The Balaban J connectivity index is 1.46. The van der Waals surface area contributed by atoms with Gasteiger partial charge in [-0.2, -0.15) is 4.31 Å². The maximum Gasteiger partial charge on any atom is 0.258 e. The molecule has 31 heavy (non-hydrogen) atoms. The number of para-hydroxylation sites is 1. The second-order valence-electron chi connectivity index (χ2n) is 7.54. The van der Waals surface area contributed by atoms with Gasteiger partial charge in [0.05, 0.1) is 26.2 Å². The molecule has 1 aliphatic heterocycles. The average molecular weight is 453 g/mol. The van der Waals surface area contributed by atoms with Gasteiger partial charge in [-0.15, -0.1) is 0 Å². The van der Waals surface area contributed by atoms with Gasteiger partial charge < -0.3 is 0 Å². The number of carbonyl (C=O) groups is 1. The Morgan fingerprint density at radius 3 is 2.61 bits per heavy atom. The van der Waals surface area contributed by atoms with Gasteiger partial charge in [-0.1, -0.05) is 29.5 Å². The van der Waals surface area contributed by atoms with Crippen molar-refractivity contribution in [1.82, 2.24) is 14.3 Å².